The SMILES string of the molecule is CC(C)C1CN(C2CNC2)C(=O)N1C. The van der Waals surface area contributed by atoms with Crippen LogP contribution in [-0.2, 0) is 0 Å². The predicted octanol–water partition coefficient (Wildman–Crippen LogP) is 0.350. The van der Waals surface area contributed by atoms with Gasteiger partial charge in [0.2, 0.25) is 0 Å². The molecule has 2 aliphatic rings. The van der Waals surface area contributed by atoms with E-state index in [1.165, 1.54) is 0 Å². The van der Waals surface area contributed by atoms with Crippen LogP contribution in [0.15, 0.2) is 0 Å². The molecule has 0 aromatic carbocycles. The van der Waals surface area contributed by atoms with Crippen molar-refractivity contribution < 1.29 is 4.79 Å². The fourth-order valence-corrected chi connectivity index (χ4v) is 2.20. The van der Waals surface area contributed by atoms with Gasteiger partial charge >= 0.3 is 6.03 Å². The van der Waals surface area contributed by atoms with Gasteiger partial charge in [-0.15, -0.1) is 0 Å². The standard InChI is InChI=1S/C10H19N3O/c1-7(2)9-6-13(8-4-11-5-8)10(14)12(9)3/h7-9,11H,4-6H2,1-3H3. The predicted molar refractivity (Wildman–Crippen MR) is 55.1 cm³/mol. The number of carbonyl (C=O) groups excluding carboxylic acids is 1. The Morgan fingerprint density at radius 1 is 1.43 bits per heavy atom. The van der Waals surface area contributed by atoms with Gasteiger partial charge in [-0.2, -0.15) is 0 Å². The summed E-state index contributed by atoms with van der Waals surface area (Å²) in [5.41, 5.74) is 0. The summed E-state index contributed by atoms with van der Waals surface area (Å²) in [4.78, 5) is 15.8. The summed E-state index contributed by atoms with van der Waals surface area (Å²) in [6.07, 6.45) is 0. The van der Waals surface area contributed by atoms with Crippen LogP contribution in [0.1, 0.15) is 13.8 Å². The molecule has 0 aliphatic carbocycles. The normalized spacial score (nSPS) is 28.9. The minimum Gasteiger partial charge on any atom is -0.323 e. The van der Waals surface area contributed by atoms with Crippen molar-refractivity contribution in [3.8, 4) is 0 Å². The zero-order valence-electron chi connectivity index (χ0n) is 9.16. The molecular formula is C10H19N3O. The first-order valence-electron chi connectivity index (χ1n) is 5.35. The molecule has 2 saturated heterocycles. The Balaban J connectivity index is 2.04. The average molecular weight is 197 g/mol. The molecule has 1 N–H and O–H groups in total. The summed E-state index contributed by atoms with van der Waals surface area (Å²) in [6, 6.07) is 1.03. The summed E-state index contributed by atoms with van der Waals surface area (Å²) in [7, 11) is 1.92. The number of hydrogen-bond donors (Lipinski definition) is 1. The van der Waals surface area contributed by atoms with E-state index in [4.69, 9.17) is 0 Å². The van der Waals surface area contributed by atoms with Crippen LogP contribution >= 0.6 is 0 Å². The van der Waals surface area contributed by atoms with Crippen LogP contribution in [0.4, 0.5) is 4.79 Å². The molecule has 1 unspecified atom stereocenters. The highest BCUT2D eigenvalue weighted by atomic mass is 16.2. The van der Waals surface area contributed by atoms with Crippen molar-refractivity contribution in [2.45, 2.75) is 25.9 Å². The molecule has 2 aliphatic heterocycles. The summed E-state index contributed by atoms with van der Waals surface area (Å²) in [5.74, 6) is 0.544. The van der Waals surface area contributed by atoms with E-state index in [0.717, 1.165) is 19.6 Å². The maximum atomic E-state index is 11.9. The van der Waals surface area contributed by atoms with E-state index in [2.05, 4.69) is 19.2 Å². The summed E-state index contributed by atoms with van der Waals surface area (Å²) in [5, 5.41) is 3.21. The number of carbonyl (C=O) groups is 1. The fraction of sp³-hybridized carbons (Fsp3) is 0.900. The molecule has 14 heavy (non-hydrogen) atoms. The maximum absolute atomic E-state index is 11.9. The van der Waals surface area contributed by atoms with E-state index in [9.17, 15) is 4.79 Å². The second-order valence-corrected chi connectivity index (χ2v) is 4.67. The van der Waals surface area contributed by atoms with Crippen LogP contribution in [0.5, 0.6) is 0 Å². The Kier molecular flexibility index (Phi) is 2.39. The molecule has 0 bridgehead atoms. The number of hydrogen-bond acceptors (Lipinski definition) is 2. The highest BCUT2D eigenvalue weighted by Crippen LogP contribution is 2.23. The Hall–Kier alpha value is -0.770. The minimum absolute atomic E-state index is 0.204. The quantitative estimate of drug-likeness (QED) is 0.693. The molecular weight excluding hydrogens is 178 g/mol. The van der Waals surface area contributed by atoms with Gasteiger partial charge in [0.05, 0.1) is 12.1 Å². The van der Waals surface area contributed by atoms with Crippen LogP contribution < -0.4 is 5.32 Å². The van der Waals surface area contributed by atoms with Gasteiger partial charge in [-0.25, -0.2) is 4.79 Å². The Morgan fingerprint density at radius 3 is 2.43 bits per heavy atom. The van der Waals surface area contributed by atoms with E-state index in [1.54, 1.807) is 0 Å². The van der Waals surface area contributed by atoms with Gasteiger partial charge in [0.25, 0.3) is 0 Å². The van der Waals surface area contributed by atoms with Crippen LogP contribution in [0, 0.1) is 5.92 Å². The molecule has 0 spiro atoms. The van der Waals surface area contributed by atoms with Gasteiger partial charge in [0.15, 0.2) is 0 Å². The van der Waals surface area contributed by atoms with Gasteiger partial charge in [-0.3, -0.25) is 0 Å². The van der Waals surface area contributed by atoms with Gasteiger partial charge in [-0.1, -0.05) is 13.8 Å². The Morgan fingerprint density at radius 2 is 2.07 bits per heavy atom. The Labute approximate surface area is 85.2 Å². The van der Waals surface area contributed by atoms with E-state index in [-0.39, 0.29) is 6.03 Å². The zero-order valence-corrected chi connectivity index (χ0v) is 9.16. The topological polar surface area (TPSA) is 35.6 Å². The van der Waals surface area contributed by atoms with Crippen LogP contribution in [0.25, 0.3) is 0 Å². The summed E-state index contributed by atoms with van der Waals surface area (Å²) in [6.45, 7) is 7.18. The molecule has 4 nitrogen and oxygen atoms in total. The molecule has 1 atom stereocenters. The molecule has 2 amide bonds. The van der Waals surface area contributed by atoms with Crippen molar-refractivity contribution in [1.82, 2.24) is 15.1 Å². The number of nitrogens with one attached hydrogen (secondary N) is 1. The molecule has 4 heteroatoms. The molecule has 2 rings (SSSR count). The molecule has 2 heterocycles. The molecule has 80 valence electrons. The first-order chi connectivity index (χ1) is 6.61. The van der Waals surface area contributed by atoms with Gasteiger partial charge in [-0.05, 0) is 5.92 Å². The lowest BCUT2D eigenvalue weighted by molar-refractivity contribution is 0.162. The van der Waals surface area contributed by atoms with Crippen molar-refractivity contribution in [2.75, 3.05) is 26.7 Å². The number of amides is 2. The fourth-order valence-electron chi connectivity index (χ4n) is 2.20. The highest BCUT2D eigenvalue weighted by molar-refractivity contribution is 5.77. The van der Waals surface area contributed by atoms with Crippen LogP contribution in [0.2, 0.25) is 0 Å². The number of nitrogens with zero attached hydrogens (tertiary/aromatic N) is 2. The second-order valence-electron chi connectivity index (χ2n) is 4.67. The minimum atomic E-state index is 0.204. The number of rotatable bonds is 2. The third-order valence-corrected chi connectivity index (χ3v) is 3.40. The zero-order chi connectivity index (χ0) is 10.3. The molecule has 2 fully saturated rings. The lowest BCUT2D eigenvalue weighted by atomic mass is 10.0. The largest absolute Gasteiger partial charge is 0.323 e. The summed E-state index contributed by atoms with van der Waals surface area (Å²) >= 11 is 0. The monoisotopic (exact) mass is 197 g/mol. The Bertz CT molecular complexity index is 238. The molecule has 0 radical (unpaired) electrons. The maximum Gasteiger partial charge on any atom is 0.320 e. The van der Waals surface area contributed by atoms with Crippen LogP contribution in [-0.4, -0.2) is 54.6 Å². The van der Waals surface area contributed by atoms with Crippen molar-refractivity contribution in [1.29, 1.82) is 0 Å². The van der Waals surface area contributed by atoms with E-state index < -0.39 is 0 Å². The second kappa shape index (κ2) is 3.42. The lowest BCUT2D eigenvalue weighted by Crippen LogP contribution is -2.58. The first-order valence-corrected chi connectivity index (χ1v) is 5.35. The van der Waals surface area contributed by atoms with Crippen molar-refractivity contribution in [2.24, 2.45) is 5.92 Å². The van der Waals surface area contributed by atoms with Gasteiger partial charge in [0, 0.05) is 26.7 Å². The van der Waals surface area contributed by atoms with Crippen molar-refractivity contribution in [3.05, 3.63) is 0 Å². The summed E-state index contributed by atoms with van der Waals surface area (Å²) < 4.78 is 0. The van der Waals surface area contributed by atoms with Crippen molar-refractivity contribution in [3.63, 3.8) is 0 Å². The highest BCUT2D eigenvalue weighted by Gasteiger charge is 2.41. The van der Waals surface area contributed by atoms with Gasteiger partial charge in [0.1, 0.15) is 0 Å². The van der Waals surface area contributed by atoms with E-state index in [0.29, 0.717) is 18.0 Å². The number of likely N-dealkylation sites (N-methyl/N-ethyl adjacent to an activating group) is 1. The van der Waals surface area contributed by atoms with Crippen LogP contribution in [0.3, 0.4) is 0 Å². The lowest BCUT2D eigenvalue weighted by Gasteiger charge is -2.35. The molecule has 0 aromatic rings. The smallest absolute Gasteiger partial charge is 0.320 e. The first kappa shape index (κ1) is 9.77. The molecule has 0 saturated carbocycles. The van der Waals surface area contributed by atoms with Gasteiger partial charge < -0.3 is 15.1 Å². The van der Waals surface area contributed by atoms with E-state index in [1.807, 2.05) is 16.8 Å². The third kappa shape index (κ3) is 1.38. The van der Waals surface area contributed by atoms with Crippen molar-refractivity contribution >= 4 is 6.03 Å². The molecule has 0 aromatic heterocycles. The average Bonchev–Trinajstić information content (AvgIpc) is 2.30. The number of urea groups is 1. The third-order valence-electron chi connectivity index (χ3n) is 3.40. The van der Waals surface area contributed by atoms with E-state index >= 15 is 0 Å².